The SMILES string of the molecule is CCCCCCCCCC/C=C\CCCCCCCCCCCCCCCCCCCC(=O)OCC(COC(=O)CCCCCCCCCCCC)OC(=O)CCCCCCCCCCCCC/C=C\CCCCCCCCCC. The van der Waals surface area contributed by atoms with E-state index in [1.807, 2.05) is 0 Å². The molecule has 6 heteroatoms. The van der Waals surface area contributed by atoms with E-state index in [4.69, 9.17) is 14.2 Å². The Kier molecular flexibility index (Phi) is 67.6. The molecule has 0 heterocycles. The van der Waals surface area contributed by atoms with Crippen molar-refractivity contribution in [2.75, 3.05) is 13.2 Å². The number of esters is 3. The second-order valence-electron chi connectivity index (χ2n) is 24.9. The molecule has 0 saturated carbocycles. The monoisotopic (exact) mass is 1130 g/mol. The van der Waals surface area contributed by atoms with Crippen LogP contribution in [0.1, 0.15) is 412 Å². The van der Waals surface area contributed by atoms with E-state index in [0.717, 1.165) is 57.8 Å². The minimum atomic E-state index is -0.768. The van der Waals surface area contributed by atoms with Gasteiger partial charge in [0.15, 0.2) is 6.10 Å². The highest BCUT2D eigenvalue weighted by Crippen LogP contribution is 2.19. The largest absolute Gasteiger partial charge is 0.462 e. The number of hydrogen-bond acceptors (Lipinski definition) is 6. The smallest absolute Gasteiger partial charge is 0.306 e. The van der Waals surface area contributed by atoms with Crippen LogP contribution in [0.25, 0.3) is 0 Å². The van der Waals surface area contributed by atoms with Crippen molar-refractivity contribution in [1.29, 1.82) is 0 Å². The predicted octanol–water partition coefficient (Wildman–Crippen LogP) is 25.0. The minimum Gasteiger partial charge on any atom is -0.462 e. The fourth-order valence-corrected chi connectivity index (χ4v) is 11.2. The number of carbonyl (C=O) groups excluding carboxylic acids is 3. The lowest BCUT2D eigenvalue weighted by Gasteiger charge is -2.18. The Morgan fingerprint density at radius 3 is 0.625 bits per heavy atom. The Morgan fingerprint density at radius 1 is 0.237 bits per heavy atom. The standard InChI is InChI=1S/C74H140O6/c1-4-7-10-13-16-19-22-24-26-28-30-32-34-35-36-37-38-39-41-42-44-46-48-50-52-55-58-61-64-67-73(76)79-70-71(69-78-72(75)66-63-60-57-54-21-18-15-12-9-6-3)80-74(77)68-65-62-59-56-53-51-49-47-45-43-40-33-31-29-27-25-23-20-17-14-11-8-5-2/h28-31,71H,4-27,32-70H2,1-3H3/b30-28-,31-29-. The van der Waals surface area contributed by atoms with Crippen LogP contribution >= 0.6 is 0 Å². The van der Waals surface area contributed by atoms with E-state index in [1.54, 1.807) is 0 Å². The number of ether oxygens (including phenoxy) is 3. The van der Waals surface area contributed by atoms with E-state index in [-0.39, 0.29) is 31.1 Å². The molecular formula is C74H140O6. The van der Waals surface area contributed by atoms with E-state index in [1.165, 1.54) is 315 Å². The highest BCUT2D eigenvalue weighted by atomic mass is 16.6. The first-order valence-electron chi connectivity index (χ1n) is 36.3. The van der Waals surface area contributed by atoms with Crippen molar-refractivity contribution in [2.45, 2.75) is 419 Å². The third kappa shape index (κ3) is 66.7. The first-order valence-corrected chi connectivity index (χ1v) is 36.3. The highest BCUT2D eigenvalue weighted by molar-refractivity contribution is 5.71. The summed E-state index contributed by atoms with van der Waals surface area (Å²) in [5.74, 6) is -0.836. The molecule has 0 fully saturated rings. The van der Waals surface area contributed by atoms with Gasteiger partial charge < -0.3 is 14.2 Å². The van der Waals surface area contributed by atoms with Crippen LogP contribution in [0.2, 0.25) is 0 Å². The molecule has 0 aliphatic heterocycles. The van der Waals surface area contributed by atoms with Crippen LogP contribution in [0.5, 0.6) is 0 Å². The molecule has 0 aromatic rings. The van der Waals surface area contributed by atoms with Gasteiger partial charge in [0.1, 0.15) is 13.2 Å². The maximum atomic E-state index is 12.9. The summed E-state index contributed by atoms with van der Waals surface area (Å²) in [6.07, 6.45) is 85.2. The van der Waals surface area contributed by atoms with E-state index >= 15 is 0 Å². The molecule has 0 aliphatic rings. The summed E-state index contributed by atoms with van der Waals surface area (Å²) in [5, 5.41) is 0. The zero-order chi connectivity index (χ0) is 57.8. The molecule has 0 aliphatic carbocycles. The van der Waals surface area contributed by atoms with Gasteiger partial charge >= 0.3 is 17.9 Å². The summed E-state index contributed by atoms with van der Waals surface area (Å²) in [6, 6.07) is 0. The van der Waals surface area contributed by atoms with E-state index in [2.05, 4.69) is 45.1 Å². The van der Waals surface area contributed by atoms with Crippen LogP contribution in [0.15, 0.2) is 24.3 Å². The molecule has 0 rings (SSSR count). The molecule has 1 unspecified atom stereocenters. The molecule has 0 saturated heterocycles. The zero-order valence-electron chi connectivity index (χ0n) is 54.4. The fraction of sp³-hybridized carbons (Fsp3) is 0.905. The van der Waals surface area contributed by atoms with Crippen LogP contribution in [-0.4, -0.2) is 37.2 Å². The molecule has 0 aromatic heterocycles. The molecule has 0 N–H and O–H groups in total. The average molecular weight is 1130 g/mol. The maximum absolute atomic E-state index is 12.9. The Balaban J connectivity index is 4.11. The number of rotatable bonds is 68. The lowest BCUT2D eigenvalue weighted by molar-refractivity contribution is -0.167. The Hall–Kier alpha value is -2.11. The maximum Gasteiger partial charge on any atom is 0.306 e. The lowest BCUT2D eigenvalue weighted by atomic mass is 10.0. The molecule has 472 valence electrons. The quantitative estimate of drug-likeness (QED) is 0.0261. The van der Waals surface area contributed by atoms with Gasteiger partial charge in [0.25, 0.3) is 0 Å². The van der Waals surface area contributed by atoms with Gasteiger partial charge in [-0.1, -0.05) is 347 Å². The topological polar surface area (TPSA) is 78.9 Å². The van der Waals surface area contributed by atoms with Gasteiger partial charge in [0.05, 0.1) is 0 Å². The van der Waals surface area contributed by atoms with E-state index in [0.29, 0.717) is 19.3 Å². The molecule has 0 spiro atoms. The van der Waals surface area contributed by atoms with Crippen molar-refractivity contribution in [3.8, 4) is 0 Å². The Bertz CT molecular complexity index is 1290. The summed E-state index contributed by atoms with van der Waals surface area (Å²) < 4.78 is 17.0. The Labute approximate surface area is 500 Å². The number of unbranched alkanes of at least 4 members (excludes halogenated alkanes) is 53. The van der Waals surface area contributed by atoms with Crippen LogP contribution in [0.3, 0.4) is 0 Å². The van der Waals surface area contributed by atoms with Crippen molar-refractivity contribution in [3.63, 3.8) is 0 Å². The summed E-state index contributed by atoms with van der Waals surface area (Å²) in [7, 11) is 0. The summed E-state index contributed by atoms with van der Waals surface area (Å²) in [5.41, 5.74) is 0. The van der Waals surface area contributed by atoms with Crippen LogP contribution in [-0.2, 0) is 28.6 Å². The first-order chi connectivity index (χ1) is 39.5. The van der Waals surface area contributed by atoms with E-state index < -0.39 is 6.10 Å². The van der Waals surface area contributed by atoms with Gasteiger partial charge in [0.2, 0.25) is 0 Å². The van der Waals surface area contributed by atoms with Gasteiger partial charge in [-0.3, -0.25) is 14.4 Å². The van der Waals surface area contributed by atoms with Crippen LogP contribution < -0.4 is 0 Å². The van der Waals surface area contributed by atoms with Gasteiger partial charge in [-0.05, 0) is 70.6 Å². The van der Waals surface area contributed by atoms with Crippen molar-refractivity contribution in [2.24, 2.45) is 0 Å². The van der Waals surface area contributed by atoms with E-state index in [9.17, 15) is 14.4 Å². The van der Waals surface area contributed by atoms with Crippen molar-refractivity contribution in [3.05, 3.63) is 24.3 Å². The van der Waals surface area contributed by atoms with Gasteiger partial charge in [-0.2, -0.15) is 0 Å². The van der Waals surface area contributed by atoms with Crippen molar-refractivity contribution >= 4 is 17.9 Å². The van der Waals surface area contributed by atoms with Crippen LogP contribution in [0.4, 0.5) is 0 Å². The molecule has 0 amide bonds. The fourth-order valence-electron chi connectivity index (χ4n) is 11.2. The zero-order valence-corrected chi connectivity index (χ0v) is 54.4. The summed E-state index contributed by atoms with van der Waals surface area (Å²) in [4.78, 5) is 38.3. The molecule has 0 bridgehead atoms. The predicted molar refractivity (Wildman–Crippen MR) is 349 cm³/mol. The summed E-state index contributed by atoms with van der Waals surface area (Å²) in [6.45, 7) is 6.70. The van der Waals surface area contributed by atoms with Crippen molar-refractivity contribution < 1.29 is 28.6 Å². The number of allylic oxidation sites excluding steroid dienone is 4. The highest BCUT2D eigenvalue weighted by Gasteiger charge is 2.19. The molecular weight excluding hydrogens is 985 g/mol. The molecule has 0 radical (unpaired) electrons. The average Bonchev–Trinajstić information content (AvgIpc) is 3.46. The van der Waals surface area contributed by atoms with Gasteiger partial charge in [0, 0.05) is 19.3 Å². The summed E-state index contributed by atoms with van der Waals surface area (Å²) >= 11 is 0. The normalized spacial score (nSPS) is 12.1. The Morgan fingerprint density at radius 2 is 0.412 bits per heavy atom. The molecule has 80 heavy (non-hydrogen) atoms. The second-order valence-corrected chi connectivity index (χ2v) is 24.9. The minimum absolute atomic E-state index is 0.0652. The first kappa shape index (κ1) is 77.9. The molecule has 0 aromatic carbocycles. The number of carbonyl (C=O) groups is 3. The number of hydrogen-bond donors (Lipinski definition) is 0. The van der Waals surface area contributed by atoms with Crippen LogP contribution in [0, 0.1) is 0 Å². The van der Waals surface area contributed by atoms with Gasteiger partial charge in [-0.25, -0.2) is 0 Å². The third-order valence-electron chi connectivity index (χ3n) is 16.7. The second kappa shape index (κ2) is 69.4. The molecule has 6 nitrogen and oxygen atoms in total. The van der Waals surface area contributed by atoms with Gasteiger partial charge in [-0.15, -0.1) is 0 Å². The molecule has 1 atom stereocenters. The third-order valence-corrected chi connectivity index (χ3v) is 16.7. The lowest BCUT2D eigenvalue weighted by Crippen LogP contribution is -2.30. The van der Waals surface area contributed by atoms with Crippen molar-refractivity contribution in [1.82, 2.24) is 0 Å².